The van der Waals surface area contributed by atoms with Crippen molar-refractivity contribution in [3.8, 4) is 33.4 Å². The number of allylic oxidation sites excluding steroid dienone is 1. The van der Waals surface area contributed by atoms with Crippen molar-refractivity contribution < 1.29 is 39.6 Å². The molecule has 2 aliphatic rings. The summed E-state index contributed by atoms with van der Waals surface area (Å²) in [5, 5.41) is 41.3. The van der Waals surface area contributed by atoms with Gasteiger partial charge in [0.2, 0.25) is 0 Å². The zero-order chi connectivity index (χ0) is 35.7. The standard InChI is InChI=1S/C43H28O8/c1-21-12-25-7-6-22-4-2-3-5-32(22)38(25)37(21)39-33-10-8-23(26-13-28(40(44)45)17-29(14-26)41(46)47)19-35(33)36-20-24(9-11-34(36)39)27-15-30(42(48)49)18-31(16-27)43(50)51/h2-11,13-21H,12H2,1H3,(H,44,45)(H,46,47)(H,48,49)(H,50,51). The number of aromatic carboxylic acids is 4. The van der Waals surface area contributed by atoms with Gasteiger partial charge in [-0.3, -0.25) is 0 Å². The maximum Gasteiger partial charge on any atom is 0.335 e. The highest BCUT2D eigenvalue weighted by Crippen LogP contribution is 2.54. The molecule has 4 N–H and O–H groups in total. The van der Waals surface area contributed by atoms with Crippen molar-refractivity contribution in [1.29, 1.82) is 0 Å². The second kappa shape index (κ2) is 11.7. The van der Waals surface area contributed by atoms with E-state index in [0.717, 1.165) is 57.2 Å². The fourth-order valence-corrected chi connectivity index (χ4v) is 7.70. The Kier molecular flexibility index (Phi) is 7.20. The van der Waals surface area contributed by atoms with E-state index in [2.05, 4.69) is 31.2 Å². The van der Waals surface area contributed by atoms with E-state index in [1.165, 1.54) is 41.0 Å². The molecular formula is C43H28O8. The van der Waals surface area contributed by atoms with Crippen molar-refractivity contribution in [3.05, 3.63) is 154 Å². The summed E-state index contributed by atoms with van der Waals surface area (Å²) >= 11 is 0. The van der Waals surface area contributed by atoms with E-state index in [9.17, 15) is 39.6 Å². The third kappa shape index (κ3) is 5.16. The number of benzene rings is 6. The van der Waals surface area contributed by atoms with Gasteiger partial charge in [0.1, 0.15) is 0 Å². The number of hydrogen-bond donors (Lipinski definition) is 4. The fraction of sp³-hybridized carbons (Fsp3) is 0.0698. The molecule has 0 spiro atoms. The Labute approximate surface area is 291 Å². The summed E-state index contributed by atoms with van der Waals surface area (Å²) in [7, 11) is 0. The first-order valence-electron chi connectivity index (χ1n) is 16.3. The van der Waals surface area contributed by atoms with Crippen LogP contribution in [-0.2, 0) is 6.42 Å². The van der Waals surface area contributed by atoms with Crippen LogP contribution in [0.2, 0.25) is 0 Å². The third-order valence-electron chi connectivity index (χ3n) is 9.96. The average molecular weight is 673 g/mol. The highest BCUT2D eigenvalue weighted by molar-refractivity contribution is 6.15. The lowest BCUT2D eigenvalue weighted by molar-refractivity contribution is 0.0676. The molecule has 0 saturated heterocycles. The predicted molar refractivity (Wildman–Crippen MR) is 193 cm³/mol. The van der Waals surface area contributed by atoms with Gasteiger partial charge in [0.15, 0.2) is 0 Å². The van der Waals surface area contributed by atoms with Gasteiger partial charge in [-0.1, -0.05) is 67.6 Å². The Morgan fingerprint density at radius 2 is 0.980 bits per heavy atom. The number of hydrogen-bond acceptors (Lipinski definition) is 4. The van der Waals surface area contributed by atoms with Crippen LogP contribution in [0.25, 0.3) is 55.3 Å². The molecule has 0 saturated carbocycles. The average Bonchev–Trinajstić information content (AvgIpc) is 3.63. The Morgan fingerprint density at radius 3 is 1.45 bits per heavy atom. The van der Waals surface area contributed by atoms with Gasteiger partial charge in [-0.05, 0) is 138 Å². The minimum atomic E-state index is -1.24. The van der Waals surface area contributed by atoms with E-state index in [1.807, 2.05) is 48.5 Å². The van der Waals surface area contributed by atoms with E-state index in [1.54, 1.807) is 0 Å². The summed E-state index contributed by atoms with van der Waals surface area (Å²) in [5.41, 5.74) is 9.78. The van der Waals surface area contributed by atoms with Crippen molar-refractivity contribution >= 4 is 45.8 Å². The molecule has 0 radical (unpaired) electrons. The zero-order valence-corrected chi connectivity index (χ0v) is 27.1. The molecule has 0 bridgehead atoms. The Balaban J connectivity index is 1.41. The molecule has 6 aromatic rings. The fourth-order valence-electron chi connectivity index (χ4n) is 7.70. The molecule has 1 atom stereocenters. The van der Waals surface area contributed by atoms with Crippen LogP contribution in [0.1, 0.15) is 70.6 Å². The molecule has 8 rings (SSSR count). The van der Waals surface area contributed by atoms with Crippen molar-refractivity contribution in [2.24, 2.45) is 5.92 Å². The van der Waals surface area contributed by atoms with Gasteiger partial charge in [-0.15, -0.1) is 0 Å². The van der Waals surface area contributed by atoms with Crippen molar-refractivity contribution in [3.63, 3.8) is 0 Å². The number of carboxylic acids is 4. The summed E-state index contributed by atoms with van der Waals surface area (Å²) in [4.78, 5) is 47.8. The molecule has 0 heterocycles. The summed E-state index contributed by atoms with van der Waals surface area (Å²) < 4.78 is 0. The van der Waals surface area contributed by atoms with Crippen molar-refractivity contribution in [2.45, 2.75) is 13.3 Å². The van der Waals surface area contributed by atoms with Gasteiger partial charge in [-0.2, -0.15) is 0 Å². The topological polar surface area (TPSA) is 149 Å². The highest BCUT2D eigenvalue weighted by Gasteiger charge is 2.34. The van der Waals surface area contributed by atoms with Crippen LogP contribution in [0.3, 0.4) is 0 Å². The Hall–Kier alpha value is -6.80. The molecule has 2 aliphatic carbocycles. The molecule has 1 unspecified atom stereocenters. The number of fused-ring (bicyclic) bond motifs is 6. The first-order valence-corrected chi connectivity index (χ1v) is 16.3. The molecule has 0 aromatic heterocycles. The molecule has 8 nitrogen and oxygen atoms in total. The summed E-state index contributed by atoms with van der Waals surface area (Å²) in [6.45, 7) is 2.22. The molecule has 6 aromatic carbocycles. The Morgan fingerprint density at radius 1 is 0.510 bits per heavy atom. The normalized spacial score (nSPS) is 14.3. The molecule has 0 fully saturated rings. The quantitative estimate of drug-likeness (QED) is 0.137. The summed E-state index contributed by atoms with van der Waals surface area (Å²) in [6.07, 6.45) is 0.861. The third-order valence-corrected chi connectivity index (χ3v) is 9.96. The lowest BCUT2D eigenvalue weighted by Crippen LogP contribution is -2.03. The van der Waals surface area contributed by atoms with E-state index >= 15 is 0 Å². The van der Waals surface area contributed by atoms with E-state index in [-0.39, 0.29) is 28.2 Å². The second-order valence-corrected chi connectivity index (χ2v) is 13.1. The van der Waals surface area contributed by atoms with Gasteiger partial charge in [0, 0.05) is 0 Å². The minimum absolute atomic E-state index is 0.147. The van der Waals surface area contributed by atoms with Crippen LogP contribution in [-0.4, -0.2) is 44.3 Å². The molecule has 248 valence electrons. The number of carboxylic acid groups (broad SMARTS) is 4. The van der Waals surface area contributed by atoms with Crippen LogP contribution in [0, 0.1) is 5.92 Å². The SMILES string of the molecule is CC1Cc2ccc3ccccc3c2C1=C1c2ccc(-c3cc(C(=O)O)cc(C(=O)O)c3)cc2-c2cc(-c3cc(C(=O)O)cc(C(=O)O)c3)ccc21. The van der Waals surface area contributed by atoms with Crippen LogP contribution in [0.15, 0.2) is 109 Å². The molecule has 0 amide bonds. The van der Waals surface area contributed by atoms with E-state index in [4.69, 9.17) is 0 Å². The van der Waals surface area contributed by atoms with Gasteiger partial charge >= 0.3 is 23.9 Å². The maximum atomic E-state index is 12.0. The van der Waals surface area contributed by atoms with E-state index < -0.39 is 23.9 Å². The first kappa shape index (κ1) is 31.5. The second-order valence-electron chi connectivity index (χ2n) is 13.1. The largest absolute Gasteiger partial charge is 0.478 e. The lowest BCUT2D eigenvalue weighted by atomic mass is 9.87. The zero-order valence-electron chi connectivity index (χ0n) is 27.1. The lowest BCUT2D eigenvalue weighted by Gasteiger charge is -2.16. The summed E-state index contributed by atoms with van der Waals surface area (Å²) in [6, 6.07) is 32.3. The first-order chi connectivity index (χ1) is 24.5. The van der Waals surface area contributed by atoms with Crippen LogP contribution >= 0.6 is 0 Å². The maximum absolute atomic E-state index is 12.0. The smallest absolute Gasteiger partial charge is 0.335 e. The molecule has 0 aliphatic heterocycles. The molecule has 8 heteroatoms. The van der Waals surface area contributed by atoms with Gasteiger partial charge in [0.25, 0.3) is 0 Å². The molecule has 51 heavy (non-hydrogen) atoms. The number of carbonyl (C=O) groups is 4. The van der Waals surface area contributed by atoms with Crippen molar-refractivity contribution in [2.75, 3.05) is 0 Å². The molecular weight excluding hydrogens is 644 g/mol. The van der Waals surface area contributed by atoms with Crippen LogP contribution in [0.5, 0.6) is 0 Å². The van der Waals surface area contributed by atoms with E-state index in [0.29, 0.717) is 22.3 Å². The Bertz CT molecular complexity index is 2400. The van der Waals surface area contributed by atoms with Gasteiger partial charge in [0.05, 0.1) is 22.3 Å². The number of rotatable bonds is 6. The van der Waals surface area contributed by atoms with Gasteiger partial charge < -0.3 is 20.4 Å². The van der Waals surface area contributed by atoms with Crippen molar-refractivity contribution in [1.82, 2.24) is 0 Å². The minimum Gasteiger partial charge on any atom is -0.478 e. The highest BCUT2D eigenvalue weighted by atomic mass is 16.4. The van der Waals surface area contributed by atoms with Gasteiger partial charge in [-0.25, -0.2) is 19.2 Å². The van der Waals surface area contributed by atoms with Crippen LogP contribution < -0.4 is 0 Å². The monoisotopic (exact) mass is 672 g/mol. The summed E-state index contributed by atoms with van der Waals surface area (Å²) in [5.74, 6) is -4.79. The predicted octanol–water partition coefficient (Wildman–Crippen LogP) is 9.10. The van der Waals surface area contributed by atoms with Crippen LogP contribution in [0.4, 0.5) is 0 Å².